The second kappa shape index (κ2) is 5.75. The predicted octanol–water partition coefficient (Wildman–Crippen LogP) is 1.27. The Morgan fingerprint density at radius 2 is 2.38 bits per heavy atom. The van der Waals surface area contributed by atoms with Gasteiger partial charge in [-0.3, -0.25) is 9.59 Å². The molecule has 86 valence electrons. The summed E-state index contributed by atoms with van der Waals surface area (Å²) < 4.78 is 4.99. The van der Waals surface area contributed by atoms with Crippen LogP contribution in [-0.2, 0) is 9.59 Å². The highest BCUT2D eigenvalue weighted by Crippen LogP contribution is 2.01. The minimum Gasteiger partial charge on any atom is -0.481 e. The Bertz CT molecular complexity index is 381. The summed E-state index contributed by atoms with van der Waals surface area (Å²) in [5.41, 5.74) is 0. The minimum absolute atomic E-state index is 0.0969. The largest absolute Gasteiger partial charge is 0.481 e. The normalized spacial score (nSPS) is 12.6. The number of carbonyl (C=O) groups is 2. The summed E-state index contributed by atoms with van der Waals surface area (Å²) in [5, 5.41) is 11.0. The standard InChI is InChI=1S/C11H13NO4/c1-8(7-11(14)15)12-10(13)5-4-9-3-2-6-16-9/h2-6,8H,7H2,1H3,(H,12,13)(H,14,15)/b5-4+. The van der Waals surface area contributed by atoms with Crippen LogP contribution in [0.25, 0.3) is 6.08 Å². The van der Waals surface area contributed by atoms with Crippen LogP contribution < -0.4 is 5.32 Å². The van der Waals surface area contributed by atoms with Crippen LogP contribution in [0.5, 0.6) is 0 Å². The van der Waals surface area contributed by atoms with Gasteiger partial charge in [-0.25, -0.2) is 0 Å². The molecule has 5 nitrogen and oxygen atoms in total. The lowest BCUT2D eigenvalue weighted by atomic mass is 10.2. The number of carboxylic acids is 1. The quantitative estimate of drug-likeness (QED) is 0.737. The molecule has 0 radical (unpaired) electrons. The molecule has 0 saturated carbocycles. The van der Waals surface area contributed by atoms with Crippen LogP contribution in [0.1, 0.15) is 19.1 Å². The van der Waals surface area contributed by atoms with Gasteiger partial charge in [0.25, 0.3) is 0 Å². The number of carbonyl (C=O) groups excluding carboxylic acids is 1. The summed E-state index contributed by atoms with van der Waals surface area (Å²) in [6, 6.07) is 3.03. The van der Waals surface area contributed by atoms with Crippen molar-refractivity contribution in [1.82, 2.24) is 5.32 Å². The van der Waals surface area contributed by atoms with Gasteiger partial charge in [-0.2, -0.15) is 0 Å². The number of nitrogens with one attached hydrogen (secondary N) is 1. The smallest absolute Gasteiger partial charge is 0.305 e. The first kappa shape index (κ1) is 12.0. The van der Waals surface area contributed by atoms with Crippen molar-refractivity contribution in [1.29, 1.82) is 0 Å². The average molecular weight is 223 g/mol. The average Bonchev–Trinajstić information content (AvgIpc) is 2.65. The van der Waals surface area contributed by atoms with Crippen molar-refractivity contribution < 1.29 is 19.1 Å². The Kier molecular flexibility index (Phi) is 4.32. The predicted molar refractivity (Wildman–Crippen MR) is 57.6 cm³/mol. The molecule has 0 fully saturated rings. The third-order valence-electron chi connectivity index (χ3n) is 1.81. The van der Waals surface area contributed by atoms with Crippen LogP contribution in [0.3, 0.4) is 0 Å². The van der Waals surface area contributed by atoms with E-state index in [1.165, 1.54) is 18.4 Å². The Balaban J connectivity index is 2.38. The van der Waals surface area contributed by atoms with Crippen molar-refractivity contribution in [3.8, 4) is 0 Å². The van der Waals surface area contributed by atoms with E-state index in [0.717, 1.165) is 0 Å². The van der Waals surface area contributed by atoms with Gasteiger partial charge in [0.2, 0.25) is 5.91 Å². The van der Waals surface area contributed by atoms with E-state index in [2.05, 4.69) is 5.32 Å². The second-order valence-corrected chi connectivity index (χ2v) is 3.36. The molecule has 1 aromatic heterocycles. The molecule has 0 aromatic carbocycles. The van der Waals surface area contributed by atoms with Crippen molar-refractivity contribution >= 4 is 18.0 Å². The van der Waals surface area contributed by atoms with Crippen LogP contribution in [0.4, 0.5) is 0 Å². The molecule has 0 aliphatic carbocycles. The third-order valence-corrected chi connectivity index (χ3v) is 1.81. The molecule has 0 saturated heterocycles. The zero-order chi connectivity index (χ0) is 12.0. The summed E-state index contributed by atoms with van der Waals surface area (Å²) in [6.07, 6.45) is 4.23. The number of hydrogen-bond acceptors (Lipinski definition) is 3. The fourth-order valence-electron chi connectivity index (χ4n) is 1.15. The lowest BCUT2D eigenvalue weighted by Gasteiger charge is -2.08. The van der Waals surface area contributed by atoms with E-state index in [0.29, 0.717) is 5.76 Å². The first-order valence-electron chi connectivity index (χ1n) is 4.82. The van der Waals surface area contributed by atoms with Gasteiger partial charge in [-0.1, -0.05) is 0 Å². The Morgan fingerprint density at radius 1 is 1.62 bits per heavy atom. The number of hydrogen-bond donors (Lipinski definition) is 2. The Morgan fingerprint density at radius 3 is 2.94 bits per heavy atom. The SMILES string of the molecule is CC(CC(=O)O)NC(=O)/C=C/c1ccco1. The molecule has 1 unspecified atom stereocenters. The van der Waals surface area contributed by atoms with Crippen molar-refractivity contribution in [2.45, 2.75) is 19.4 Å². The van der Waals surface area contributed by atoms with Crippen molar-refractivity contribution in [2.24, 2.45) is 0 Å². The van der Waals surface area contributed by atoms with Gasteiger partial charge in [0.15, 0.2) is 0 Å². The zero-order valence-corrected chi connectivity index (χ0v) is 8.84. The van der Waals surface area contributed by atoms with Crippen molar-refractivity contribution in [3.63, 3.8) is 0 Å². The second-order valence-electron chi connectivity index (χ2n) is 3.36. The number of amides is 1. The summed E-state index contributed by atoms with van der Waals surface area (Å²) >= 11 is 0. The van der Waals surface area contributed by atoms with Crippen LogP contribution in [0.15, 0.2) is 28.9 Å². The zero-order valence-electron chi connectivity index (χ0n) is 8.84. The van der Waals surface area contributed by atoms with Crippen LogP contribution in [0.2, 0.25) is 0 Å². The molecular formula is C11H13NO4. The molecular weight excluding hydrogens is 210 g/mol. The number of rotatable bonds is 5. The summed E-state index contributed by atoms with van der Waals surface area (Å²) in [6.45, 7) is 1.63. The van der Waals surface area contributed by atoms with Gasteiger partial charge in [0.05, 0.1) is 12.7 Å². The number of carboxylic acid groups (broad SMARTS) is 1. The first-order chi connectivity index (χ1) is 7.58. The molecule has 2 N–H and O–H groups in total. The van der Waals surface area contributed by atoms with E-state index in [1.54, 1.807) is 19.1 Å². The molecule has 1 atom stereocenters. The molecule has 0 aliphatic heterocycles. The van der Waals surface area contributed by atoms with Gasteiger partial charge in [0.1, 0.15) is 5.76 Å². The maximum atomic E-state index is 11.3. The highest BCUT2D eigenvalue weighted by Gasteiger charge is 2.08. The summed E-state index contributed by atoms with van der Waals surface area (Å²) in [4.78, 5) is 21.6. The summed E-state index contributed by atoms with van der Waals surface area (Å²) in [5.74, 6) is -0.714. The Hall–Kier alpha value is -2.04. The van der Waals surface area contributed by atoms with Gasteiger partial charge in [0, 0.05) is 12.1 Å². The summed E-state index contributed by atoms with van der Waals surface area (Å²) in [7, 11) is 0. The van der Waals surface area contributed by atoms with E-state index < -0.39 is 12.0 Å². The maximum absolute atomic E-state index is 11.3. The Labute approximate surface area is 92.8 Å². The molecule has 0 aliphatic rings. The maximum Gasteiger partial charge on any atom is 0.305 e. The highest BCUT2D eigenvalue weighted by molar-refractivity contribution is 5.91. The number of aliphatic carboxylic acids is 1. The topological polar surface area (TPSA) is 79.5 Å². The highest BCUT2D eigenvalue weighted by atomic mass is 16.4. The molecule has 1 aromatic rings. The van der Waals surface area contributed by atoms with Gasteiger partial charge in [-0.15, -0.1) is 0 Å². The van der Waals surface area contributed by atoms with Gasteiger partial charge in [-0.05, 0) is 25.1 Å². The van der Waals surface area contributed by atoms with Crippen LogP contribution >= 0.6 is 0 Å². The van der Waals surface area contributed by atoms with E-state index in [1.807, 2.05) is 0 Å². The van der Waals surface area contributed by atoms with Crippen molar-refractivity contribution in [3.05, 3.63) is 30.2 Å². The number of furan rings is 1. The van der Waals surface area contributed by atoms with Crippen LogP contribution in [-0.4, -0.2) is 23.0 Å². The first-order valence-corrected chi connectivity index (χ1v) is 4.82. The molecule has 0 spiro atoms. The fourth-order valence-corrected chi connectivity index (χ4v) is 1.15. The van der Waals surface area contributed by atoms with Gasteiger partial charge < -0.3 is 14.8 Å². The van der Waals surface area contributed by atoms with E-state index in [-0.39, 0.29) is 12.3 Å². The van der Waals surface area contributed by atoms with Crippen LogP contribution in [0, 0.1) is 0 Å². The molecule has 5 heteroatoms. The third kappa shape index (κ3) is 4.45. The van der Waals surface area contributed by atoms with Crippen molar-refractivity contribution in [2.75, 3.05) is 0 Å². The molecule has 0 bridgehead atoms. The molecule has 1 amide bonds. The van der Waals surface area contributed by atoms with E-state index in [9.17, 15) is 9.59 Å². The minimum atomic E-state index is -0.942. The van der Waals surface area contributed by atoms with E-state index in [4.69, 9.17) is 9.52 Å². The fraction of sp³-hybridized carbons (Fsp3) is 0.273. The van der Waals surface area contributed by atoms with E-state index >= 15 is 0 Å². The monoisotopic (exact) mass is 223 g/mol. The molecule has 16 heavy (non-hydrogen) atoms. The molecule has 1 rings (SSSR count). The lowest BCUT2D eigenvalue weighted by Crippen LogP contribution is -2.32. The molecule has 1 heterocycles. The van der Waals surface area contributed by atoms with Gasteiger partial charge >= 0.3 is 5.97 Å². The lowest BCUT2D eigenvalue weighted by molar-refractivity contribution is -0.137.